The van der Waals surface area contributed by atoms with Crippen LogP contribution >= 0.6 is 24.8 Å². The van der Waals surface area contributed by atoms with Gasteiger partial charge >= 0.3 is 68.9 Å². The van der Waals surface area contributed by atoms with Crippen molar-refractivity contribution in [3.8, 4) is 0 Å². The number of rotatable bonds is 0. The van der Waals surface area contributed by atoms with Crippen molar-refractivity contribution < 1.29 is 68.9 Å². The predicted octanol–water partition coefficient (Wildman–Crippen LogP) is -1.83. The molecule has 0 rings (SSSR count). The molecule has 0 fully saturated rings. The van der Waals surface area contributed by atoms with Crippen LogP contribution in [0.15, 0.2) is 4.99 Å². The summed E-state index contributed by atoms with van der Waals surface area (Å²) in [6.45, 7) is 1.69. The van der Waals surface area contributed by atoms with Gasteiger partial charge in [-0.1, -0.05) is 12.2 Å². The van der Waals surface area contributed by atoms with E-state index in [-0.39, 0.29) is 68.9 Å². The Kier molecular flexibility index (Phi) is 12.2. The first-order valence-corrected chi connectivity index (χ1v) is 2.84. The molecule has 0 aliphatic rings. The van der Waals surface area contributed by atoms with E-state index in [2.05, 4.69) is 42.5 Å². The molecule has 0 unspecified atom stereocenters. The zero-order chi connectivity index (χ0) is 5.86. The van der Waals surface area contributed by atoms with E-state index < -0.39 is 0 Å². The molecule has 0 saturated heterocycles. The average molecular weight is 283 g/mol. The van der Waals surface area contributed by atoms with Gasteiger partial charge in [0.2, 0.25) is 0 Å². The van der Waals surface area contributed by atoms with E-state index in [9.17, 15) is 0 Å². The summed E-state index contributed by atoms with van der Waals surface area (Å²) >= 11 is 12.8. The van der Waals surface area contributed by atoms with Gasteiger partial charge in [-0.15, -0.1) is 17.7 Å². The maximum absolute atomic E-state index is 4.57. The summed E-state index contributed by atoms with van der Waals surface area (Å²) in [6.07, 6.45) is 0. The first kappa shape index (κ1) is 13.0. The second-order valence-electron chi connectivity index (χ2n) is 0.913. The summed E-state index contributed by atoms with van der Waals surface area (Å²) in [5.41, 5.74) is 0. The zero-order valence-corrected chi connectivity index (χ0v) is 13.5. The maximum Gasteiger partial charge on any atom is 1.00 e. The van der Waals surface area contributed by atoms with Gasteiger partial charge in [0.15, 0.2) is 4.32 Å². The van der Waals surface area contributed by atoms with Crippen molar-refractivity contribution in [2.45, 2.75) is 6.92 Å². The largest absolute Gasteiger partial charge is 1.00 e. The van der Waals surface area contributed by atoms with Crippen molar-refractivity contribution in [1.82, 2.24) is 0 Å². The van der Waals surface area contributed by atoms with Crippen LogP contribution in [0.5, 0.6) is 0 Å². The monoisotopic (exact) mass is 283 g/mol. The molecule has 1 nitrogen and oxygen atoms in total. The summed E-state index contributed by atoms with van der Waals surface area (Å²) in [4.78, 5) is 3.60. The quantitative estimate of drug-likeness (QED) is 0.185. The molecule has 5 heteroatoms. The molecule has 0 aliphatic heterocycles. The molecular formula is C3H4CsNS3. The standard InChI is InChI=1S/C3H5NS3.Cs/c1-2(5)4-3(6)7;/h1H3,(H2,4,5,6,7);/q;+1/p-1. The number of nitrogens with zero attached hydrogens (tertiary/aromatic N) is 1. The van der Waals surface area contributed by atoms with E-state index >= 15 is 0 Å². The van der Waals surface area contributed by atoms with Crippen LogP contribution in [0.25, 0.3) is 0 Å². The molecule has 0 heterocycles. The normalized spacial score (nSPS) is 10.0. The molecule has 0 N–H and O–H groups in total. The Balaban J connectivity index is 0. The third-order valence-electron chi connectivity index (χ3n) is 0.253. The molecule has 0 radical (unpaired) electrons. The minimum atomic E-state index is 0. The van der Waals surface area contributed by atoms with E-state index in [1.807, 2.05) is 0 Å². The Morgan fingerprint density at radius 2 is 2.12 bits per heavy atom. The maximum atomic E-state index is 4.57. The van der Waals surface area contributed by atoms with Crippen LogP contribution in [-0.2, 0) is 12.6 Å². The van der Waals surface area contributed by atoms with Crippen molar-refractivity contribution in [3.63, 3.8) is 0 Å². The van der Waals surface area contributed by atoms with E-state index in [0.29, 0.717) is 9.36 Å². The van der Waals surface area contributed by atoms with Gasteiger partial charge in [-0.2, -0.15) is 0 Å². The van der Waals surface area contributed by atoms with Crippen LogP contribution in [0.4, 0.5) is 0 Å². The fraction of sp³-hybridized carbons (Fsp3) is 0.333. The fourth-order valence-electron chi connectivity index (χ4n) is 0.135. The molecular weight excluding hydrogens is 279 g/mol. The van der Waals surface area contributed by atoms with Crippen LogP contribution in [-0.4, -0.2) is 9.36 Å². The van der Waals surface area contributed by atoms with Crippen molar-refractivity contribution in [2.24, 2.45) is 4.99 Å². The zero-order valence-electron chi connectivity index (χ0n) is 4.71. The first-order valence-electron chi connectivity index (χ1n) is 1.58. The predicted molar refractivity (Wildman–Crippen MR) is 42.1 cm³/mol. The van der Waals surface area contributed by atoms with Crippen LogP contribution in [0, 0.1) is 0 Å². The molecule has 0 spiro atoms. The number of hydrogen-bond acceptors (Lipinski definition) is 2. The van der Waals surface area contributed by atoms with Gasteiger partial charge in [0.05, 0.1) is 0 Å². The summed E-state index contributed by atoms with van der Waals surface area (Å²) in [7, 11) is 0. The molecule has 40 valence electrons. The topological polar surface area (TPSA) is 12.4 Å². The Bertz CT molecular complexity index is 107. The molecule has 0 saturated carbocycles. The van der Waals surface area contributed by atoms with Crippen LogP contribution in [0.3, 0.4) is 0 Å². The molecule has 0 amide bonds. The SMILES string of the molecule is CC([S-])=NC(=S)S.[Cs+]. The number of thiocarbonyl (C=S) groups is 1. The molecule has 0 aromatic heterocycles. The van der Waals surface area contributed by atoms with Crippen LogP contribution in [0.1, 0.15) is 6.92 Å². The Labute approximate surface area is 124 Å². The molecule has 0 bridgehead atoms. The average Bonchev–Trinajstić information content (AvgIpc) is 1.27. The Hall–Kier alpha value is 2.38. The minimum absolute atomic E-state index is 0. The first-order chi connectivity index (χ1) is 3.13. The van der Waals surface area contributed by atoms with Crippen molar-refractivity contribution in [3.05, 3.63) is 0 Å². The third-order valence-corrected chi connectivity index (χ3v) is 0.536. The summed E-state index contributed by atoms with van der Waals surface area (Å²) < 4.78 is 0.299. The smallest absolute Gasteiger partial charge is 0.765 e. The van der Waals surface area contributed by atoms with Gasteiger partial charge in [0.1, 0.15) is 0 Å². The van der Waals surface area contributed by atoms with E-state index in [4.69, 9.17) is 0 Å². The molecule has 0 aromatic carbocycles. The van der Waals surface area contributed by atoms with Gasteiger partial charge in [0.25, 0.3) is 0 Å². The summed E-state index contributed by atoms with van der Waals surface area (Å²) in [5, 5.41) is 0.528. The van der Waals surface area contributed by atoms with Crippen LogP contribution < -0.4 is 68.9 Å². The van der Waals surface area contributed by atoms with Gasteiger partial charge in [-0.3, -0.25) is 4.99 Å². The molecule has 8 heavy (non-hydrogen) atoms. The van der Waals surface area contributed by atoms with Gasteiger partial charge < -0.3 is 12.6 Å². The number of hydrogen-bond donors (Lipinski definition) is 1. The van der Waals surface area contributed by atoms with E-state index in [1.54, 1.807) is 6.92 Å². The minimum Gasteiger partial charge on any atom is -0.765 e. The van der Waals surface area contributed by atoms with Gasteiger partial charge in [-0.05, 0) is 6.92 Å². The fourth-order valence-corrected chi connectivity index (χ4v) is 0.638. The third kappa shape index (κ3) is 11.2. The van der Waals surface area contributed by atoms with Crippen molar-refractivity contribution >= 4 is 46.8 Å². The second-order valence-corrected chi connectivity index (χ2v) is 2.62. The van der Waals surface area contributed by atoms with Crippen molar-refractivity contribution in [2.75, 3.05) is 0 Å². The summed E-state index contributed by atoms with van der Waals surface area (Å²) in [6, 6.07) is 0. The Morgan fingerprint density at radius 1 is 1.75 bits per heavy atom. The van der Waals surface area contributed by atoms with Crippen molar-refractivity contribution in [1.29, 1.82) is 0 Å². The van der Waals surface area contributed by atoms with Crippen LogP contribution in [0.2, 0.25) is 0 Å². The van der Waals surface area contributed by atoms with Gasteiger partial charge in [-0.25, -0.2) is 0 Å². The number of thiol groups is 1. The second kappa shape index (κ2) is 7.49. The Morgan fingerprint density at radius 3 is 2.12 bits per heavy atom. The van der Waals surface area contributed by atoms with E-state index in [1.165, 1.54) is 0 Å². The molecule has 0 atom stereocenters. The molecule has 0 aromatic rings. The molecule has 0 aliphatic carbocycles. The van der Waals surface area contributed by atoms with E-state index in [0.717, 1.165) is 0 Å². The number of aliphatic imine (C=N–C) groups is 1. The summed E-state index contributed by atoms with van der Waals surface area (Å²) in [5.74, 6) is 0. The van der Waals surface area contributed by atoms with Gasteiger partial charge in [0, 0.05) is 0 Å².